The molecule has 4 rings (SSSR count). The smallest absolute Gasteiger partial charge is 0.253 e. The van der Waals surface area contributed by atoms with Gasteiger partial charge in [-0.3, -0.25) is 9.59 Å². The first-order valence-corrected chi connectivity index (χ1v) is 7.04. The number of H-pyrrole nitrogens is 1. The molecule has 2 unspecified atom stereocenters. The van der Waals surface area contributed by atoms with E-state index in [9.17, 15) is 9.59 Å². The second-order valence-electron chi connectivity index (χ2n) is 5.82. The summed E-state index contributed by atoms with van der Waals surface area (Å²) in [6.07, 6.45) is 0.906. The van der Waals surface area contributed by atoms with E-state index in [0.29, 0.717) is 22.9 Å². The molecule has 3 heterocycles. The van der Waals surface area contributed by atoms with Crippen LogP contribution in [0.15, 0.2) is 18.2 Å². The Morgan fingerprint density at radius 1 is 1.14 bits per heavy atom. The van der Waals surface area contributed by atoms with Crippen LogP contribution in [0.4, 0.5) is 0 Å². The molecule has 7 heteroatoms. The van der Waals surface area contributed by atoms with Gasteiger partial charge in [0.2, 0.25) is 6.41 Å². The van der Waals surface area contributed by atoms with Gasteiger partial charge in [-0.2, -0.15) is 15.4 Å². The number of amides is 2. The molecule has 0 bridgehead atoms. The quantitative estimate of drug-likeness (QED) is 0.794. The van der Waals surface area contributed by atoms with E-state index < -0.39 is 0 Å². The molecule has 21 heavy (non-hydrogen) atoms. The van der Waals surface area contributed by atoms with Crippen LogP contribution < -0.4 is 0 Å². The van der Waals surface area contributed by atoms with Crippen molar-refractivity contribution in [3.8, 4) is 0 Å². The number of nitrogens with zero attached hydrogens (tertiary/aromatic N) is 4. The Morgan fingerprint density at radius 3 is 2.57 bits per heavy atom. The summed E-state index contributed by atoms with van der Waals surface area (Å²) < 4.78 is 0. The average molecular weight is 285 g/mol. The summed E-state index contributed by atoms with van der Waals surface area (Å²) in [5.74, 6) is 0.858. The van der Waals surface area contributed by atoms with Crippen LogP contribution in [-0.4, -0.2) is 63.7 Å². The number of likely N-dealkylation sites (tertiary alicyclic amines) is 2. The Bertz CT molecular complexity index is 698. The van der Waals surface area contributed by atoms with Crippen molar-refractivity contribution < 1.29 is 9.59 Å². The van der Waals surface area contributed by atoms with Gasteiger partial charge >= 0.3 is 0 Å². The molecule has 0 aliphatic carbocycles. The second-order valence-corrected chi connectivity index (χ2v) is 5.82. The molecular formula is C14H15N5O2. The molecule has 2 fully saturated rings. The van der Waals surface area contributed by atoms with Gasteiger partial charge in [-0.25, -0.2) is 0 Å². The molecule has 0 spiro atoms. The molecule has 2 aliphatic rings. The molecule has 2 saturated heterocycles. The van der Waals surface area contributed by atoms with Crippen molar-refractivity contribution in [3.05, 3.63) is 23.8 Å². The molecule has 0 saturated carbocycles. The summed E-state index contributed by atoms with van der Waals surface area (Å²) >= 11 is 0. The zero-order valence-electron chi connectivity index (χ0n) is 11.4. The lowest BCUT2D eigenvalue weighted by Crippen LogP contribution is -2.32. The molecule has 7 nitrogen and oxygen atoms in total. The molecule has 2 aromatic rings. The van der Waals surface area contributed by atoms with Gasteiger partial charge in [0.25, 0.3) is 5.91 Å². The lowest BCUT2D eigenvalue weighted by atomic mass is 10.0. The van der Waals surface area contributed by atoms with E-state index in [0.717, 1.165) is 38.1 Å². The first kappa shape index (κ1) is 12.3. The predicted molar refractivity (Wildman–Crippen MR) is 74.4 cm³/mol. The molecule has 2 aliphatic heterocycles. The minimum absolute atomic E-state index is 0.0342. The molecule has 1 aromatic heterocycles. The highest BCUT2D eigenvalue weighted by molar-refractivity contribution is 5.97. The minimum Gasteiger partial charge on any atom is -0.345 e. The fourth-order valence-corrected chi connectivity index (χ4v) is 3.44. The van der Waals surface area contributed by atoms with Crippen LogP contribution in [-0.2, 0) is 4.79 Å². The molecule has 2 amide bonds. The van der Waals surface area contributed by atoms with Gasteiger partial charge in [-0.15, -0.1) is 0 Å². The van der Waals surface area contributed by atoms with Crippen LogP contribution in [0.5, 0.6) is 0 Å². The molecule has 0 radical (unpaired) electrons. The first-order chi connectivity index (χ1) is 10.2. The Labute approximate surface area is 120 Å². The maximum atomic E-state index is 12.6. The fraction of sp³-hybridized carbons (Fsp3) is 0.429. The Balaban J connectivity index is 1.52. The summed E-state index contributed by atoms with van der Waals surface area (Å²) in [4.78, 5) is 27.1. The second kappa shape index (κ2) is 4.54. The number of carbonyl (C=O) groups is 2. The summed E-state index contributed by atoms with van der Waals surface area (Å²) in [7, 11) is 0. The highest BCUT2D eigenvalue weighted by Gasteiger charge is 2.41. The van der Waals surface area contributed by atoms with Gasteiger partial charge in [-0.1, -0.05) is 0 Å². The molecule has 108 valence electrons. The number of benzene rings is 1. The van der Waals surface area contributed by atoms with Crippen molar-refractivity contribution in [2.75, 3.05) is 26.2 Å². The zero-order valence-corrected chi connectivity index (χ0v) is 11.4. The van der Waals surface area contributed by atoms with Crippen LogP contribution in [0.1, 0.15) is 10.4 Å². The number of aromatic nitrogens is 3. The van der Waals surface area contributed by atoms with E-state index in [1.165, 1.54) is 0 Å². The van der Waals surface area contributed by atoms with Crippen LogP contribution in [0.25, 0.3) is 11.0 Å². The van der Waals surface area contributed by atoms with Gasteiger partial charge in [0, 0.05) is 43.6 Å². The van der Waals surface area contributed by atoms with Gasteiger partial charge < -0.3 is 9.80 Å². The van der Waals surface area contributed by atoms with Gasteiger partial charge in [0.1, 0.15) is 11.0 Å². The van der Waals surface area contributed by atoms with Crippen molar-refractivity contribution in [2.24, 2.45) is 11.8 Å². The summed E-state index contributed by atoms with van der Waals surface area (Å²) in [5.41, 5.74) is 2.10. The summed E-state index contributed by atoms with van der Waals surface area (Å²) in [5, 5.41) is 10.5. The van der Waals surface area contributed by atoms with E-state index in [1.807, 2.05) is 4.90 Å². The summed E-state index contributed by atoms with van der Waals surface area (Å²) in [6, 6.07) is 5.36. The van der Waals surface area contributed by atoms with Crippen LogP contribution in [0, 0.1) is 11.8 Å². The Kier molecular flexibility index (Phi) is 2.66. The van der Waals surface area contributed by atoms with Crippen molar-refractivity contribution >= 4 is 23.4 Å². The van der Waals surface area contributed by atoms with Crippen molar-refractivity contribution in [2.45, 2.75) is 0 Å². The Morgan fingerprint density at radius 2 is 1.86 bits per heavy atom. The van der Waals surface area contributed by atoms with Crippen molar-refractivity contribution in [1.82, 2.24) is 25.2 Å². The lowest BCUT2D eigenvalue weighted by molar-refractivity contribution is -0.117. The van der Waals surface area contributed by atoms with Crippen LogP contribution >= 0.6 is 0 Å². The van der Waals surface area contributed by atoms with Crippen molar-refractivity contribution in [1.29, 1.82) is 0 Å². The van der Waals surface area contributed by atoms with Gasteiger partial charge in [0.15, 0.2) is 0 Å². The van der Waals surface area contributed by atoms with Gasteiger partial charge in [0.05, 0.1) is 0 Å². The molecule has 2 atom stereocenters. The first-order valence-electron chi connectivity index (χ1n) is 7.04. The standard InChI is InChI=1S/C14H15N5O2/c20-8-18-4-10-6-19(7-11(10)5-18)14(21)9-1-2-12-13(3-9)16-17-15-12/h1-3,8,10-11H,4-7H2,(H,15,16,17). The predicted octanol–water partition coefficient (Wildman–Crippen LogP) is 0.118. The van der Waals surface area contributed by atoms with Gasteiger partial charge in [-0.05, 0) is 18.2 Å². The highest BCUT2D eigenvalue weighted by Crippen LogP contribution is 2.31. The van der Waals surface area contributed by atoms with E-state index >= 15 is 0 Å². The maximum absolute atomic E-state index is 12.6. The number of aromatic amines is 1. The largest absolute Gasteiger partial charge is 0.345 e. The number of hydrogen-bond donors (Lipinski definition) is 1. The lowest BCUT2D eigenvalue weighted by Gasteiger charge is -2.19. The Hall–Kier alpha value is -2.44. The number of carbonyl (C=O) groups excluding carboxylic acids is 2. The van der Waals surface area contributed by atoms with E-state index in [1.54, 1.807) is 23.1 Å². The zero-order chi connectivity index (χ0) is 14.4. The monoisotopic (exact) mass is 285 g/mol. The minimum atomic E-state index is 0.0342. The average Bonchev–Trinajstić information content (AvgIpc) is 3.18. The fourth-order valence-electron chi connectivity index (χ4n) is 3.44. The molecule has 1 N–H and O–H groups in total. The number of fused-ring (bicyclic) bond motifs is 2. The number of nitrogens with one attached hydrogen (secondary N) is 1. The van der Waals surface area contributed by atoms with E-state index in [-0.39, 0.29) is 5.91 Å². The van der Waals surface area contributed by atoms with E-state index in [4.69, 9.17) is 0 Å². The normalized spacial score (nSPS) is 24.6. The molecule has 1 aromatic carbocycles. The number of rotatable bonds is 2. The van der Waals surface area contributed by atoms with E-state index in [2.05, 4.69) is 15.4 Å². The molecular weight excluding hydrogens is 270 g/mol. The topological polar surface area (TPSA) is 82.2 Å². The SMILES string of the molecule is O=CN1CC2CN(C(=O)c3ccc4n[nH]nc4c3)CC2C1. The summed E-state index contributed by atoms with van der Waals surface area (Å²) in [6.45, 7) is 2.98. The van der Waals surface area contributed by atoms with Crippen molar-refractivity contribution in [3.63, 3.8) is 0 Å². The highest BCUT2D eigenvalue weighted by atomic mass is 16.2. The van der Waals surface area contributed by atoms with Crippen LogP contribution in [0.3, 0.4) is 0 Å². The third-order valence-electron chi connectivity index (χ3n) is 4.51. The maximum Gasteiger partial charge on any atom is 0.253 e. The third-order valence-corrected chi connectivity index (χ3v) is 4.51. The number of hydrogen-bond acceptors (Lipinski definition) is 4. The van der Waals surface area contributed by atoms with Crippen LogP contribution in [0.2, 0.25) is 0 Å². The third kappa shape index (κ3) is 1.96.